The molecule has 1 rings (SSSR count). The van der Waals surface area contributed by atoms with Crippen LogP contribution in [0, 0.1) is 0 Å². The van der Waals surface area contributed by atoms with E-state index in [2.05, 4.69) is 10.1 Å². The van der Waals surface area contributed by atoms with Crippen molar-refractivity contribution in [2.75, 3.05) is 13.7 Å². The molecule has 0 aliphatic rings. The predicted octanol–water partition coefficient (Wildman–Crippen LogP) is 2.04. The SMILES string of the molecule is CC.COC(=O)N[C@H](COCc1ccccc1)C(=O)O. The smallest absolute Gasteiger partial charge is 0.407 e. The van der Waals surface area contributed by atoms with Gasteiger partial charge in [0, 0.05) is 0 Å². The lowest BCUT2D eigenvalue weighted by Crippen LogP contribution is -2.43. The van der Waals surface area contributed by atoms with Gasteiger partial charge in [-0.15, -0.1) is 0 Å². The van der Waals surface area contributed by atoms with Crippen molar-refractivity contribution in [1.29, 1.82) is 0 Å². The highest BCUT2D eigenvalue weighted by Gasteiger charge is 2.20. The van der Waals surface area contributed by atoms with Crippen molar-refractivity contribution in [3.63, 3.8) is 0 Å². The molecule has 1 amide bonds. The van der Waals surface area contributed by atoms with Gasteiger partial charge in [-0.05, 0) is 5.56 Å². The Labute approximate surface area is 118 Å². The second-order valence-electron chi connectivity index (χ2n) is 3.53. The van der Waals surface area contributed by atoms with Crippen LogP contribution in [0.15, 0.2) is 30.3 Å². The topological polar surface area (TPSA) is 84.9 Å². The van der Waals surface area contributed by atoms with Crippen LogP contribution in [0.4, 0.5) is 4.79 Å². The first-order valence-electron chi connectivity index (χ1n) is 6.32. The highest BCUT2D eigenvalue weighted by Crippen LogP contribution is 2.01. The molecular weight excluding hydrogens is 262 g/mol. The van der Waals surface area contributed by atoms with Crippen molar-refractivity contribution in [3.8, 4) is 0 Å². The van der Waals surface area contributed by atoms with E-state index in [0.717, 1.165) is 5.56 Å². The minimum absolute atomic E-state index is 0.126. The maximum absolute atomic E-state index is 10.9. The molecule has 0 saturated carbocycles. The fraction of sp³-hybridized carbons (Fsp3) is 0.429. The average molecular weight is 283 g/mol. The van der Waals surface area contributed by atoms with E-state index in [1.54, 1.807) is 0 Å². The van der Waals surface area contributed by atoms with E-state index >= 15 is 0 Å². The highest BCUT2D eigenvalue weighted by atomic mass is 16.5. The second-order valence-corrected chi connectivity index (χ2v) is 3.53. The molecule has 0 aliphatic carbocycles. The first kappa shape index (κ1) is 17.9. The molecule has 0 fully saturated rings. The quantitative estimate of drug-likeness (QED) is 0.834. The number of aliphatic carboxylic acids is 1. The average Bonchev–Trinajstić information content (AvgIpc) is 2.49. The molecular formula is C14H21NO5. The van der Waals surface area contributed by atoms with Gasteiger partial charge >= 0.3 is 12.1 Å². The number of carboxylic acids is 1. The van der Waals surface area contributed by atoms with Crippen LogP contribution in [0.3, 0.4) is 0 Å². The Hall–Kier alpha value is -2.08. The van der Waals surface area contributed by atoms with E-state index in [-0.39, 0.29) is 13.2 Å². The summed E-state index contributed by atoms with van der Waals surface area (Å²) >= 11 is 0. The maximum atomic E-state index is 10.9. The maximum Gasteiger partial charge on any atom is 0.407 e. The van der Waals surface area contributed by atoms with Crippen LogP contribution < -0.4 is 5.32 Å². The van der Waals surface area contributed by atoms with Crippen LogP contribution in [0.25, 0.3) is 0 Å². The summed E-state index contributed by atoms with van der Waals surface area (Å²) in [5.74, 6) is -1.17. The molecule has 6 heteroatoms. The van der Waals surface area contributed by atoms with E-state index in [4.69, 9.17) is 9.84 Å². The predicted molar refractivity (Wildman–Crippen MR) is 74.4 cm³/mol. The fourth-order valence-corrected chi connectivity index (χ4v) is 1.24. The normalized spacial score (nSPS) is 10.8. The lowest BCUT2D eigenvalue weighted by Gasteiger charge is -2.13. The number of rotatable bonds is 6. The van der Waals surface area contributed by atoms with Gasteiger partial charge in [0.1, 0.15) is 0 Å². The van der Waals surface area contributed by atoms with Crippen molar-refractivity contribution in [2.24, 2.45) is 0 Å². The molecule has 0 unspecified atom stereocenters. The monoisotopic (exact) mass is 283 g/mol. The Bertz CT molecular complexity index is 394. The second kappa shape index (κ2) is 10.8. The molecule has 0 bridgehead atoms. The van der Waals surface area contributed by atoms with E-state index in [1.807, 2.05) is 44.2 Å². The first-order chi connectivity index (χ1) is 9.63. The molecule has 0 aliphatic heterocycles. The Morgan fingerprint density at radius 3 is 2.35 bits per heavy atom. The third-order valence-electron chi connectivity index (χ3n) is 2.17. The van der Waals surface area contributed by atoms with Crippen LogP contribution in [0.2, 0.25) is 0 Å². The van der Waals surface area contributed by atoms with Crippen LogP contribution in [-0.4, -0.2) is 36.9 Å². The molecule has 0 saturated heterocycles. The minimum atomic E-state index is -1.17. The van der Waals surface area contributed by atoms with E-state index in [1.165, 1.54) is 7.11 Å². The minimum Gasteiger partial charge on any atom is -0.480 e. The Morgan fingerprint density at radius 2 is 1.85 bits per heavy atom. The van der Waals surface area contributed by atoms with Gasteiger partial charge in [-0.3, -0.25) is 0 Å². The summed E-state index contributed by atoms with van der Waals surface area (Å²) in [7, 11) is 1.17. The number of benzene rings is 1. The number of alkyl carbamates (subject to hydrolysis) is 1. The van der Waals surface area contributed by atoms with E-state index in [9.17, 15) is 9.59 Å². The number of nitrogens with one attached hydrogen (secondary N) is 1. The number of amides is 1. The number of methoxy groups -OCH3 is 1. The summed E-state index contributed by atoms with van der Waals surface area (Å²) in [6, 6.07) is 8.20. The largest absolute Gasteiger partial charge is 0.480 e. The first-order valence-corrected chi connectivity index (χ1v) is 6.32. The van der Waals surface area contributed by atoms with Gasteiger partial charge < -0.3 is 19.9 Å². The summed E-state index contributed by atoms with van der Waals surface area (Å²) in [4.78, 5) is 21.8. The fourth-order valence-electron chi connectivity index (χ4n) is 1.24. The molecule has 1 aromatic rings. The molecule has 6 nitrogen and oxygen atoms in total. The summed E-state index contributed by atoms with van der Waals surface area (Å²) < 4.78 is 9.56. The summed E-state index contributed by atoms with van der Waals surface area (Å²) in [5, 5.41) is 11.0. The van der Waals surface area contributed by atoms with Crippen molar-refractivity contribution in [3.05, 3.63) is 35.9 Å². The number of carbonyl (C=O) groups is 2. The molecule has 0 radical (unpaired) electrons. The Balaban J connectivity index is 0.00000172. The lowest BCUT2D eigenvalue weighted by molar-refractivity contribution is -0.141. The van der Waals surface area contributed by atoms with Gasteiger partial charge in [0.15, 0.2) is 6.04 Å². The van der Waals surface area contributed by atoms with Gasteiger partial charge in [-0.2, -0.15) is 0 Å². The summed E-state index contributed by atoms with van der Waals surface area (Å²) in [6.45, 7) is 4.16. The van der Waals surface area contributed by atoms with Crippen LogP contribution in [0.5, 0.6) is 0 Å². The summed E-state index contributed by atoms with van der Waals surface area (Å²) in [5.41, 5.74) is 0.930. The van der Waals surface area contributed by atoms with Crippen LogP contribution >= 0.6 is 0 Å². The van der Waals surface area contributed by atoms with Crippen LogP contribution in [0.1, 0.15) is 19.4 Å². The van der Waals surface area contributed by atoms with E-state index in [0.29, 0.717) is 0 Å². The van der Waals surface area contributed by atoms with Crippen molar-refractivity contribution < 1.29 is 24.2 Å². The highest BCUT2D eigenvalue weighted by molar-refractivity contribution is 5.79. The van der Waals surface area contributed by atoms with Gasteiger partial charge in [-0.25, -0.2) is 9.59 Å². The molecule has 0 aromatic heterocycles. The molecule has 0 spiro atoms. The van der Waals surface area contributed by atoms with Crippen molar-refractivity contribution in [2.45, 2.75) is 26.5 Å². The van der Waals surface area contributed by atoms with Crippen molar-refractivity contribution in [1.82, 2.24) is 5.32 Å². The zero-order chi connectivity index (χ0) is 15.4. The molecule has 112 valence electrons. The molecule has 1 atom stereocenters. The Morgan fingerprint density at radius 1 is 1.25 bits per heavy atom. The lowest BCUT2D eigenvalue weighted by atomic mass is 10.2. The number of hydrogen-bond acceptors (Lipinski definition) is 4. The van der Waals surface area contributed by atoms with Gasteiger partial charge in [0.25, 0.3) is 0 Å². The van der Waals surface area contributed by atoms with E-state index < -0.39 is 18.1 Å². The number of hydrogen-bond donors (Lipinski definition) is 2. The zero-order valence-corrected chi connectivity index (χ0v) is 12.0. The van der Waals surface area contributed by atoms with Gasteiger partial charge in [0.05, 0.1) is 20.3 Å². The third kappa shape index (κ3) is 7.38. The standard InChI is InChI=1S/C12H15NO5.C2H6/c1-17-12(16)13-10(11(14)15)8-18-7-9-5-3-2-4-6-9;1-2/h2-6,10H,7-8H2,1H3,(H,13,16)(H,14,15);1-2H3/t10-;/m1./s1. The molecule has 2 N–H and O–H groups in total. The third-order valence-corrected chi connectivity index (χ3v) is 2.17. The zero-order valence-electron chi connectivity index (χ0n) is 12.0. The molecule has 1 aromatic carbocycles. The van der Waals surface area contributed by atoms with Crippen molar-refractivity contribution >= 4 is 12.1 Å². The summed E-state index contributed by atoms with van der Waals surface area (Å²) in [6.07, 6.45) is -0.800. The van der Waals surface area contributed by atoms with Gasteiger partial charge in [0.2, 0.25) is 0 Å². The van der Waals surface area contributed by atoms with Gasteiger partial charge in [-0.1, -0.05) is 44.2 Å². The molecule has 20 heavy (non-hydrogen) atoms. The number of carbonyl (C=O) groups excluding carboxylic acids is 1. The van der Waals surface area contributed by atoms with Crippen LogP contribution in [-0.2, 0) is 20.9 Å². The number of ether oxygens (including phenoxy) is 2. The molecule has 0 heterocycles. The Kier molecular flexibility index (Phi) is 9.68. The number of carboxylic acid groups (broad SMARTS) is 1.